The zero-order chi connectivity index (χ0) is 10.8. The third kappa shape index (κ3) is 2.42. The molecular formula is C12H18ClNO2. The fraction of sp³-hybridized carbons (Fsp3) is 0.500. The van der Waals surface area contributed by atoms with Crippen LogP contribution in [0.2, 0.25) is 0 Å². The molecule has 0 heterocycles. The van der Waals surface area contributed by atoms with E-state index in [0.29, 0.717) is 5.92 Å². The first-order valence-corrected chi connectivity index (χ1v) is 5.24. The molecule has 1 aromatic rings. The molecule has 1 saturated carbocycles. The molecule has 2 rings (SSSR count). The molecule has 16 heavy (non-hydrogen) atoms. The summed E-state index contributed by atoms with van der Waals surface area (Å²) in [5, 5.41) is 0. The topological polar surface area (TPSA) is 44.5 Å². The predicted molar refractivity (Wildman–Crippen MR) is 66.4 cm³/mol. The van der Waals surface area contributed by atoms with Crippen LogP contribution in [0, 0.1) is 5.92 Å². The Bertz CT molecular complexity index is 331. The highest BCUT2D eigenvalue weighted by Crippen LogP contribution is 2.45. The Morgan fingerprint density at radius 2 is 1.69 bits per heavy atom. The lowest BCUT2D eigenvalue weighted by atomic mass is 10.0. The molecule has 0 spiro atoms. The Morgan fingerprint density at radius 3 is 2.06 bits per heavy atom. The van der Waals surface area contributed by atoms with Crippen molar-refractivity contribution in [1.29, 1.82) is 0 Å². The maximum absolute atomic E-state index is 6.19. The largest absolute Gasteiger partial charge is 0.496 e. The van der Waals surface area contributed by atoms with E-state index < -0.39 is 0 Å². The van der Waals surface area contributed by atoms with Gasteiger partial charge in [-0.05, 0) is 30.9 Å². The highest BCUT2D eigenvalue weighted by molar-refractivity contribution is 5.85. The normalized spacial score (nSPS) is 16.2. The molecule has 1 atom stereocenters. The molecule has 1 aliphatic carbocycles. The summed E-state index contributed by atoms with van der Waals surface area (Å²) in [6.45, 7) is 0. The van der Waals surface area contributed by atoms with Crippen molar-refractivity contribution in [1.82, 2.24) is 0 Å². The first-order valence-electron chi connectivity index (χ1n) is 5.24. The van der Waals surface area contributed by atoms with E-state index in [1.807, 2.05) is 18.2 Å². The fourth-order valence-corrected chi connectivity index (χ4v) is 1.90. The molecule has 0 aromatic heterocycles. The summed E-state index contributed by atoms with van der Waals surface area (Å²) in [4.78, 5) is 0. The van der Waals surface area contributed by atoms with Crippen LogP contribution in [0.25, 0.3) is 0 Å². The van der Waals surface area contributed by atoms with Crippen LogP contribution in [-0.2, 0) is 0 Å². The van der Waals surface area contributed by atoms with Gasteiger partial charge in [0.2, 0.25) is 0 Å². The smallest absolute Gasteiger partial charge is 0.127 e. The SMILES string of the molecule is COc1cccc(OC)c1[C@@H](N)C1CC1.Cl. The zero-order valence-corrected chi connectivity index (χ0v) is 10.4. The maximum Gasteiger partial charge on any atom is 0.127 e. The lowest BCUT2D eigenvalue weighted by Gasteiger charge is -2.18. The second-order valence-electron chi connectivity index (χ2n) is 3.94. The third-order valence-corrected chi connectivity index (χ3v) is 2.93. The molecule has 0 aliphatic heterocycles. The molecule has 0 unspecified atom stereocenters. The van der Waals surface area contributed by atoms with E-state index in [-0.39, 0.29) is 18.4 Å². The van der Waals surface area contributed by atoms with Gasteiger partial charge in [-0.2, -0.15) is 0 Å². The van der Waals surface area contributed by atoms with Gasteiger partial charge in [0.05, 0.1) is 19.8 Å². The molecule has 2 N–H and O–H groups in total. The van der Waals surface area contributed by atoms with Crippen LogP contribution in [0.5, 0.6) is 11.5 Å². The quantitative estimate of drug-likeness (QED) is 0.884. The van der Waals surface area contributed by atoms with Gasteiger partial charge in [0, 0.05) is 6.04 Å². The van der Waals surface area contributed by atoms with Gasteiger partial charge in [-0.3, -0.25) is 0 Å². The second kappa shape index (κ2) is 5.41. The molecule has 4 heteroatoms. The Hall–Kier alpha value is -0.930. The molecule has 0 bridgehead atoms. The van der Waals surface area contributed by atoms with Crippen molar-refractivity contribution in [3.63, 3.8) is 0 Å². The maximum atomic E-state index is 6.19. The van der Waals surface area contributed by atoms with E-state index in [9.17, 15) is 0 Å². The number of hydrogen-bond acceptors (Lipinski definition) is 3. The number of methoxy groups -OCH3 is 2. The molecule has 0 amide bonds. The van der Waals surface area contributed by atoms with E-state index in [1.165, 1.54) is 12.8 Å². The van der Waals surface area contributed by atoms with Crippen molar-refractivity contribution in [3.05, 3.63) is 23.8 Å². The number of halogens is 1. The van der Waals surface area contributed by atoms with Gasteiger partial charge in [-0.1, -0.05) is 6.07 Å². The lowest BCUT2D eigenvalue weighted by molar-refractivity contribution is 0.375. The first kappa shape index (κ1) is 13.1. The van der Waals surface area contributed by atoms with Crippen LogP contribution >= 0.6 is 12.4 Å². The van der Waals surface area contributed by atoms with Gasteiger partial charge in [-0.25, -0.2) is 0 Å². The first-order chi connectivity index (χ1) is 7.27. The van der Waals surface area contributed by atoms with Gasteiger partial charge >= 0.3 is 0 Å². The molecular weight excluding hydrogens is 226 g/mol. The molecule has 3 nitrogen and oxygen atoms in total. The Balaban J connectivity index is 0.00000128. The summed E-state index contributed by atoms with van der Waals surface area (Å²) in [5.41, 5.74) is 7.20. The summed E-state index contributed by atoms with van der Waals surface area (Å²) < 4.78 is 10.7. The number of nitrogens with two attached hydrogens (primary N) is 1. The van der Waals surface area contributed by atoms with Crippen LogP contribution in [-0.4, -0.2) is 14.2 Å². The van der Waals surface area contributed by atoms with Crippen molar-refractivity contribution in [2.75, 3.05) is 14.2 Å². The molecule has 1 aromatic carbocycles. The summed E-state index contributed by atoms with van der Waals surface area (Å²) in [7, 11) is 3.33. The minimum absolute atomic E-state index is 0. The Morgan fingerprint density at radius 1 is 1.19 bits per heavy atom. The van der Waals surface area contributed by atoms with Gasteiger partial charge in [0.15, 0.2) is 0 Å². The van der Waals surface area contributed by atoms with E-state index in [0.717, 1.165) is 17.1 Å². The third-order valence-electron chi connectivity index (χ3n) is 2.93. The molecule has 0 radical (unpaired) electrons. The van der Waals surface area contributed by atoms with E-state index >= 15 is 0 Å². The van der Waals surface area contributed by atoms with Crippen LogP contribution in [0.1, 0.15) is 24.4 Å². The number of benzene rings is 1. The average Bonchev–Trinajstić information content (AvgIpc) is 3.10. The highest BCUT2D eigenvalue weighted by atomic mass is 35.5. The number of ether oxygens (including phenoxy) is 2. The van der Waals surface area contributed by atoms with Gasteiger partial charge in [0.1, 0.15) is 11.5 Å². The summed E-state index contributed by atoms with van der Waals surface area (Å²) >= 11 is 0. The number of rotatable bonds is 4. The molecule has 90 valence electrons. The molecule has 1 fully saturated rings. The van der Waals surface area contributed by atoms with Crippen LogP contribution in [0.4, 0.5) is 0 Å². The summed E-state index contributed by atoms with van der Waals surface area (Å²) in [5.74, 6) is 2.25. The Labute approximate surface area is 102 Å². The van der Waals surface area contributed by atoms with Gasteiger partial charge in [0.25, 0.3) is 0 Å². The zero-order valence-electron chi connectivity index (χ0n) is 9.60. The Kier molecular flexibility index (Phi) is 4.44. The summed E-state index contributed by atoms with van der Waals surface area (Å²) in [6.07, 6.45) is 2.42. The van der Waals surface area contributed by atoms with Crippen LogP contribution in [0.3, 0.4) is 0 Å². The van der Waals surface area contributed by atoms with Crippen molar-refractivity contribution in [2.24, 2.45) is 11.7 Å². The van der Waals surface area contributed by atoms with Crippen molar-refractivity contribution < 1.29 is 9.47 Å². The fourth-order valence-electron chi connectivity index (χ4n) is 1.90. The van der Waals surface area contributed by atoms with Crippen LogP contribution in [0.15, 0.2) is 18.2 Å². The molecule has 0 saturated heterocycles. The summed E-state index contributed by atoms with van der Waals surface area (Å²) in [6, 6.07) is 5.82. The van der Waals surface area contributed by atoms with Crippen molar-refractivity contribution in [3.8, 4) is 11.5 Å². The predicted octanol–water partition coefficient (Wildman–Crippen LogP) is 2.54. The lowest BCUT2D eigenvalue weighted by Crippen LogP contribution is -2.14. The van der Waals surface area contributed by atoms with Crippen molar-refractivity contribution in [2.45, 2.75) is 18.9 Å². The highest BCUT2D eigenvalue weighted by Gasteiger charge is 2.33. The van der Waals surface area contributed by atoms with Crippen LogP contribution < -0.4 is 15.2 Å². The monoisotopic (exact) mass is 243 g/mol. The van der Waals surface area contributed by atoms with E-state index in [2.05, 4.69) is 0 Å². The van der Waals surface area contributed by atoms with Crippen molar-refractivity contribution >= 4 is 12.4 Å². The van der Waals surface area contributed by atoms with E-state index in [1.54, 1.807) is 14.2 Å². The van der Waals surface area contributed by atoms with Gasteiger partial charge < -0.3 is 15.2 Å². The van der Waals surface area contributed by atoms with Gasteiger partial charge in [-0.15, -0.1) is 12.4 Å². The molecule has 1 aliphatic rings. The average molecular weight is 244 g/mol. The minimum atomic E-state index is 0. The standard InChI is InChI=1S/C12H17NO2.ClH/c1-14-9-4-3-5-10(15-2)11(9)12(13)8-6-7-8;/h3-5,8,12H,6-7,13H2,1-2H3;1H/t12-;/m0./s1. The minimum Gasteiger partial charge on any atom is -0.496 e. The van der Waals surface area contributed by atoms with E-state index in [4.69, 9.17) is 15.2 Å². The second-order valence-corrected chi connectivity index (χ2v) is 3.94. The number of hydrogen-bond donors (Lipinski definition) is 1.